The maximum atomic E-state index is 13.2. The lowest BCUT2D eigenvalue weighted by molar-refractivity contribution is -0.119. The van der Waals surface area contributed by atoms with E-state index >= 15 is 0 Å². The zero-order valence-electron chi connectivity index (χ0n) is 17.7. The normalized spacial score (nSPS) is 19.7. The van der Waals surface area contributed by atoms with Crippen LogP contribution in [0.4, 0.5) is 5.69 Å². The molecular weight excluding hydrogens is 454 g/mol. The number of rotatable bonds is 6. The van der Waals surface area contributed by atoms with E-state index in [1.165, 1.54) is 34.9 Å². The van der Waals surface area contributed by atoms with Crippen molar-refractivity contribution in [2.45, 2.75) is 23.8 Å². The van der Waals surface area contributed by atoms with Crippen LogP contribution in [-0.2, 0) is 19.6 Å². The average molecular weight is 480 g/mol. The number of nitrogens with zero attached hydrogens (tertiary/aromatic N) is 2. The highest BCUT2D eigenvalue weighted by Crippen LogP contribution is 2.31. The summed E-state index contributed by atoms with van der Waals surface area (Å²) < 4.78 is 38.2. The molecule has 2 saturated heterocycles. The van der Waals surface area contributed by atoms with Gasteiger partial charge in [-0.15, -0.1) is 11.3 Å². The van der Waals surface area contributed by atoms with E-state index in [2.05, 4.69) is 5.32 Å². The Balaban J connectivity index is 1.54. The Bertz CT molecular complexity index is 1080. The summed E-state index contributed by atoms with van der Waals surface area (Å²) in [5.74, 6) is -0.305. The number of ether oxygens (including phenoxy) is 2. The molecule has 0 aliphatic carbocycles. The minimum atomic E-state index is -3.82. The fourth-order valence-corrected chi connectivity index (χ4v) is 6.20. The van der Waals surface area contributed by atoms with Crippen molar-refractivity contribution in [2.75, 3.05) is 45.3 Å². The molecule has 0 unspecified atom stereocenters. The van der Waals surface area contributed by atoms with Gasteiger partial charge < -0.3 is 19.7 Å². The van der Waals surface area contributed by atoms with Crippen molar-refractivity contribution in [3.05, 3.63) is 40.6 Å². The Kier molecular flexibility index (Phi) is 6.79. The summed E-state index contributed by atoms with van der Waals surface area (Å²) in [5, 5.41) is 4.61. The van der Waals surface area contributed by atoms with Crippen LogP contribution in [0.2, 0.25) is 0 Å². The first-order chi connectivity index (χ1) is 15.4. The summed E-state index contributed by atoms with van der Waals surface area (Å²) in [4.78, 5) is 27.9. The van der Waals surface area contributed by atoms with Crippen molar-refractivity contribution in [3.63, 3.8) is 0 Å². The first-order valence-corrected chi connectivity index (χ1v) is 12.6. The van der Waals surface area contributed by atoms with Gasteiger partial charge in [0.1, 0.15) is 16.7 Å². The average Bonchev–Trinajstić information content (AvgIpc) is 3.51. The van der Waals surface area contributed by atoms with E-state index in [4.69, 9.17) is 9.47 Å². The molecule has 32 heavy (non-hydrogen) atoms. The summed E-state index contributed by atoms with van der Waals surface area (Å²) in [6, 6.07) is 7.46. The highest BCUT2D eigenvalue weighted by atomic mass is 32.2. The molecule has 0 radical (unpaired) electrons. The van der Waals surface area contributed by atoms with E-state index in [9.17, 15) is 18.0 Å². The summed E-state index contributed by atoms with van der Waals surface area (Å²) in [6.07, 6.45) is 1.28. The number of nitrogens with one attached hydrogen (secondary N) is 1. The van der Waals surface area contributed by atoms with Crippen molar-refractivity contribution in [3.8, 4) is 5.75 Å². The molecule has 2 amide bonds. The summed E-state index contributed by atoms with van der Waals surface area (Å²) >= 11 is 1.34. The molecule has 2 aliphatic rings. The van der Waals surface area contributed by atoms with E-state index in [0.29, 0.717) is 36.7 Å². The van der Waals surface area contributed by atoms with Crippen LogP contribution in [0.3, 0.4) is 0 Å². The fraction of sp³-hybridized carbons (Fsp3) is 0.429. The number of amides is 2. The van der Waals surface area contributed by atoms with Crippen molar-refractivity contribution in [1.82, 2.24) is 9.21 Å². The molecule has 172 valence electrons. The zero-order chi connectivity index (χ0) is 22.7. The number of likely N-dealkylation sites (tertiary alicyclic amines) is 1. The van der Waals surface area contributed by atoms with E-state index < -0.39 is 16.1 Å². The third kappa shape index (κ3) is 4.51. The lowest BCUT2D eigenvalue weighted by atomic mass is 10.2. The molecule has 1 atom stereocenters. The Morgan fingerprint density at radius 2 is 1.97 bits per heavy atom. The SMILES string of the molecule is COc1ccc(NC(=O)[C@@H]2CCCN2C(=O)c2cccs2)cc1S(=O)(=O)N1CCOCC1. The largest absolute Gasteiger partial charge is 0.495 e. The number of sulfonamides is 1. The van der Waals surface area contributed by atoms with Crippen molar-refractivity contribution in [1.29, 1.82) is 0 Å². The van der Waals surface area contributed by atoms with Gasteiger partial charge in [-0.2, -0.15) is 4.31 Å². The number of thiophene rings is 1. The number of hydrogen-bond acceptors (Lipinski definition) is 7. The number of benzene rings is 1. The van der Waals surface area contributed by atoms with Gasteiger partial charge in [-0.3, -0.25) is 9.59 Å². The monoisotopic (exact) mass is 479 g/mol. The molecule has 0 bridgehead atoms. The van der Waals surface area contributed by atoms with Gasteiger partial charge in [0, 0.05) is 25.3 Å². The van der Waals surface area contributed by atoms with Crippen molar-refractivity contribution >= 4 is 38.9 Å². The Labute approximate surface area is 191 Å². The van der Waals surface area contributed by atoms with Crippen LogP contribution in [0.5, 0.6) is 5.75 Å². The predicted molar refractivity (Wildman–Crippen MR) is 120 cm³/mol. The smallest absolute Gasteiger partial charge is 0.264 e. The molecule has 2 aromatic rings. The van der Waals surface area contributed by atoms with Gasteiger partial charge >= 0.3 is 0 Å². The molecule has 1 aromatic heterocycles. The lowest BCUT2D eigenvalue weighted by Gasteiger charge is -2.27. The van der Waals surface area contributed by atoms with Gasteiger partial charge in [0.05, 0.1) is 25.2 Å². The molecular formula is C21H25N3O6S2. The maximum absolute atomic E-state index is 13.2. The van der Waals surface area contributed by atoms with Crippen molar-refractivity contribution < 1.29 is 27.5 Å². The van der Waals surface area contributed by atoms with Crippen LogP contribution in [0.1, 0.15) is 22.5 Å². The number of carbonyl (C=O) groups is 2. The molecule has 2 aliphatic heterocycles. The first-order valence-electron chi connectivity index (χ1n) is 10.3. The first kappa shape index (κ1) is 22.7. The van der Waals surface area contributed by atoms with Gasteiger partial charge in [-0.1, -0.05) is 6.07 Å². The molecule has 3 heterocycles. The molecule has 1 N–H and O–H groups in total. The highest BCUT2D eigenvalue weighted by molar-refractivity contribution is 7.89. The number of methoxy groups -OCH3 is 1. The van der Waals surface area contributed by atoms with Gasteiger partial charge in [-0.25, -0.2) is 8.42 Å². The van der Waals surface area contributed by atoms with E-state index in [0.717, 1.165) is 6.42 Å². The number of hydrogen-bond donors (Lipinski definition) is 1. The van der Waals surface area contributed by atoms with Crippen LogP contribution in [0.15, 0.2) is 40.6 Å². The Morgan fingerprint density at radius 3 is 2.66 bits per heavy atom. The Hall–Kier alpha value is -2.47. The van der Waals surface area contributed by atoms with E-state index in [1.54, 1.807) is 23.1 Å². The van der Waals surface area contributed by atoms with Gasteiger partial charge in [-0.05, 0) is 42.5 Å². The molecule has 4 rings (SSSR count). The van der Waals surface area contributed by atoms with Crippen LogP contribution in [0, 0.1) is 0 Å². The number of carbonyl (C=O) groups excluding carboxylic acids is 2. The third-order valence-corrected chi connectivity index (χ3v) is 8.35. The molecule has 0 saturated carbocycles. The molecule has 11 heteroatoms. The topological polar surface area (TPSA) is 105 Å². The van der Waals surface area contributed by atoms with Crippen LogP contribution in [-0.4, -0.2) is 75.4 Å². The van der Waals surface area contributed by atoms with Gasteiger partial charge in [0.15, 0.2) is 0 Å². The maximum Gasteiger partial charge on any atom is 0.264 e. The molecule has 2 fully saturated rings. The van der Waals surface area contributed by atoms with Crippen LogP contribution in [0.25, 0.3) is 0 Å². The van der Waals surface area contributed by atoms with Crippen LogP contribution < -0.4 is 10.1 Å². The molecule has 0 spiro atoms. The zero-order valence-corrected chi connectivity index (χ0v) is 19.3. The predicted octanol–water partition coefficient (Wildman–Crippen LogP) is 2.02. The molecule has 1 aromatic carbocycles. The minimum absolute atomic E-state index is 0.0161. The molecule has 9 nitrogen and oxygen atoms in total. The Morgan fingerprint density at radius 1 is 1.19 bits per heavy atom. The summed E-state index contributed by atoms with van der Waals surface area (Å²) in [5.41, 5.74) is 0.332. The summed E-state index contributed by atoms with van der Waals surface area (Å²) in [6.45, 7) is 1.67. The van der Waals surface area contributed by atoms with Crippen molar-refractivity contribution in [2.24, 2.45) is 0 Å². The number of morpholine rings is 1. The number of anilines is 1. The minimum Gasteiger partial charge on any atom is -0.495 e. The second-order valence-corrected chi connectivity index (χ2v) is 10.4. The summed E-state index contributed by atoms with van der Waals surface area (Å²) in [7, 11) is -2.42. The standard InChI is InChI=1S/C21H25N3O6S2/c1-29-17-7-6-15(14-19(17)32(27,28)23-9-11-30-12-10-23)22-20(25)16-4-2-8-24(16)21(26)18-5-3-13-31-18/h3,5-7,13-14,16H,2,4,8-12H2,1H3,(H,22,25)/t16-/m0/s1. The highest BCUT2D eigenvalue weighted by Gasteiger charge is 2.35. The van der Waals surface area contributed by atoms with E-state index in [1.807, 2.05) is 5.38 Å². The van der Waals surface area contributed by atoms with Crippen LogP contribution >= 0.6 is 11.3 Å². The second-order valence-electron chi connectivity index (χ2n) is 7.51. The van der Waals surface area contributed by atoms with E-state index in [-0.39, 0.29) is 35.5 Å². The quantitative estimate of drug-likeness (QED) is 0.680. The second kappa shape index (κ2) is 9.57. The fourth-order valence-electron chi connectivity index (χ4n) is 3.93. The lowest BCUT2D eigenvalue weighted by Crippen LogP contribution is -2.43. The van der Waals surface area contributed by atoms with Gasteiger partial charge in [0.25, 0.3) is 5.91 Å². The van der Waals surface area contributed by atoms with Gasteiger partial charge in [0.2, 0.25) is 15.9 Å². The third-order valence-electron chi connectivity index (χ3n) is 5.57.